The third kappa shape index (κ3) is 9.39. The summed E-state index contributed by atoms with van der Waals surface area (Å²) in [5.41, 5.74) is 1.75. The van der Waals surface area contributed by atoms with Gasteiger partial charge in [0.15, 0.2) is 0 Å². The number of rotatable bonds is 9. The number of carbonyl (C=O) groups excluding carboxylic acids is 3. The van der Waals surface area contributed by atoms with Crippen LogP contribution in [0.25, 0.3) is 0 Å². The molecule has 2 N–H and O–H groups in total. The predicted molar refractivity (Wildman–Crippen MR) is 161 cm³/mol. The second-order valence-corrected chi connectivity index (χ2v) is 13.2. The van der Waals surface area contributed by atoms with E-state index in [4.69, 9.17) is 4.74 Å². The molecule has 2 atom stereocenters. The van der Waals surface area contributed by atoms with E-state index in [2.05, 4.69) is 10.6 Å². The summed E-state index contributed by atoms with van der Waals surface area (Å²) in [7, 11) is 0. The summed E-state index contributed by atoms with van der Waals surface area (Å²) < 4.78 is 5.54. The summed E-state index contributed by atoms with van der Waals surface area (Å²) in [5.74, 6) is -0.629. The molecule has 40 heavy (non-hydrogen) atoms. The Bertz CT molecular complexity index is 1180. The molecule has 0 spiro atoms. The van der Waals surface area contributed by atoms with E-state index >= 15 is 0 Å². The zero-order valence-electron chi connectivity index (χ0n) is 26.3. The SMILES string of the molecule is CCC(C)(C)N(C(=O)C(Cc1ccccc1)NC(=O)OC(C)(C)C)C(C(=O)NC(C)(C)C)c1ccc(C)c(C)c1. The number of carbonyl (C=O) groups is 3. The monoisotopic (exact) mass is 551 g/mol. The average Bonchev–Trinajstić information content (AvgIpc) is 2.81. The van der Waals surface area contributed by atoms with Crippen LogP contribution in [-0.4, -0.2) is 45.5 Å². The summed E-state index contributed by atoms with van der Waals surface area (Å²) in [4.78, 5) is 43.3. The largest absolute Gasteiger partial charge is 0.444 e. The number of benzene rings is 2. The second-order valence-electron chi connectivity index (χ2n) is 13.2. The molecule has 0 bridgehead atoms. The van der Waals surface area contributed by atoms with Crippen LogP contribution in [0.1, 0.15) is 97.0 Å². The molecule has 0 aliphatic heterocycles. The first-order valence-electron chi connectivity index (χ1n) is 14.1. The molecule has 0 aliphatic rings. The molecule has 7 nitrogen and oxygen atoms in total. The van der Waals surface area contributed by atoms with Crippen LogP contribution in [-0.2, 0) is 20.7 Å². The van der Waals surface area contributed by atoms with Crippen molar-refractivity contribution in [3.05, 3.63) is 70.8 Å². The topological polar surface area (TPSA) is 87.7 Å². The van der Waals surface area contributed by atoms with Gasteiger partial charge >= 0.3 is 6.09 Å². The van der Waals surface area contributed by atoms with E-state index in [1.807, 2.05) is 104 Å². The van der Waals surface area contributed by atoms with Gasteiger partial charge in [-0.2, -0.15) is 0 Å². The zero-order valence-corrected chi connectivity index (χ0v) is 26.3. The lowest BCUT2D eigenvalue weighted by molar-refractivity contribution is -0.149. The number of ether oxygens (including phenoxy) is 1. The fourth-order valence-corrected chi connectivity index (χ4v) is 4.40. The summed E-state index contributed by atoms with van der Waals surface area (Å²) in [6.07, 6.45) is 0.154. The molecular formula is C33H49N3O4. The molecule has 3 amide bonds. The molecule has 7 heteroatoms. The Morgan fingerprint density at radius 3 is 1.98 bits per heavy atom. The van der Waals surface area contributed by atoms with Crippen LogP contribution in [0.2, 0.25) is 0 Å². The van der Waals surface area contributed by atoms with Gasteiger partial charge in [-0.15, -0.1) is 0 Å². The number of hydrogen-bond acceptors (Lipinski definition) is 4. The predicted octanol–water partition coefficient (Wildman–Crippen LogP) is 6.41. The van der Waals surface area contributed by atoms with Gasteiger partial charge in [0, 0.05) is 17.5 Å². The Balaban J connectivity index is 2.70. The van der Waals surface area contributed by atoms with Crippen LogP contribution < -0.4 is 10.6 Å². The van der Waals surface area contributed by atoms with Gasteiger partial charge in [-0.25, -0.2) is 4.79 Å². The highest BCUT2D eigenvalue weighted by Crippen LogP contribution is 2.33. The Morgan fingerprint density at radius 2 is 1.48 bits per heavy atom. The molecule has 0 radical (unpaired) electrons. The van der Waals surface area contributed by atoms with E-state index in [1.165, 1.54) is 0 Å². The number of nitrogens with one attached hydrogen (secondary N) is 2. The van der Waals surface area contributed by atoms with Crippen LogP contribution in [0.15, 0.2) is 48.5 Å². The maximum absolute atomic E-state index is 14.7. The standard InChI is InChI=1S/C33H49N3O4/c1-12-33(10,11)36(27(28(37)35-31(4,5)6)25-19-18-22(2)23(3)20-25)29(38)26(21-24-16-14-13-15-17-24)34-30(39)40-32(7,8)9/h13-20,26-27H,12,21H2,1-11H3,(H,34,39)(H,35,37). The van der Waals surface area contributed by atoms with Gasteiger partial charge in [0.2, 0.25) is 11.8 Å². The van der Waals surface area contributed by atoms with Crippen LogP contribution in [0, 0.1) is 13.8 Å². The summed E-state index contributed by atoms with van der Waals surface area (Å²) in [6, 6.07) is 13.5. The van der Waals surface area contributed by atoms with Gasteiger partial charge in [0.05, 0.1) is 0 Å². The van der Waals surface area contributed by atoms with Gasteiger partial charge in [-0.3, -0.25) is 9.59 Å². The van der Waals surface area contributed by atoms with Crippen molar-refractivity contribution >= 4 is 17.9 Å². The lowest BCUT2D eigenvalue weighted by Gasteiger charge is -2.45. The van der Waals surface area contributed by atoms with E-state index in [0.717, 1.165) is 22.3 Å². The van der Waals surface area contributed by atoms with Gasteiger partial charge < -0.3 is 20.3 Å². The first-order chi connectivity index (χ1) is 18.3. The minimum absolute atomic E-state index is 0.246. The minimum Gasteiger partial charge on any atom is -0.444 e. The first-order valence-corrected chi connectivity index (χ1v) is 14.1. The van der Waals surface area contributed by atoms with Crippen molar-refractivity contribution < 1.29 is 19.1 Å². The Hall–Kier alpha value is -3.35. The van der Waals surface area contributed by atoms with E-state index in [9.17, 15) is 14.4 Å². The highest BCUT2D eigenvalue weighted by atomic mass is 16.6. The quantitative estimate of drug-likeness (QED) is 0.377. The average molecular weight is 552 g/mol. The van der Waals surface area contributed by atoms with Crippen molar-refractivity contribution in [2.45, 2.75) is 118 Å². The molecule has 0 fully saturated rings. The van der Waals surface area contributed by atoms with Crippen LogP contribution >= 0.6 is 0 Å². The second kappa shape index (κ2) is 12.9. The van der Waals surface area contributed by atoms with Crippen LogP contribution in [0.3, 0.4) is 0 Å². The number of aryl methyl sites for hydroxylation is 2. The fourth-order valence-electron chi connectivity index (χ4n) is 4.40. The third-order valence-corrected chi connectivity index (χ3v) is 6.88. The summed E-state index contributed by atoms with van der Waals surface area (Å²) in [6.45, 7) is 21.0. The third-order valence-electron chi connectivity index (χ3n) is 6.88. The lowest BCUT2D eigenvalue weighted by atomic mass is 9.90. The van der Waals surface area contributed by atoms with E-state index in [1.54, 1.807) is 25.7 Å². The highest BCUT2D eigenvalue weighted by Gasteiger charge is 2.43. The minimum atomic E-state index is -0.959. The van der Waals surface area contributed by atoms with Gasteiger partial charge in [0.25, 0.3) is 0 Å². The Kier molecular flexibility index (Phi) is 10.6. The molecule has 0 saturated heterocycles. The Labute approximate surface area is 241 Å². The van der Waals surface area contributed by atoms with Crippen molar-refractivity contribution in [3.8, 4) is 0 Å². The van der Waals surface area contributed by atoms with Gasteiger partial charge in [-0.1, -0.05) is 55.5 Å². The molecule has 0 aromatic heterocycles. The van der Waals surface area contributed by atoms with Crippen molar-refractivity contribution in [2.24, 2.45) is 0 Å². The summed E-state index contributed by atoms with van der Waals surface area (Å²) >= 11 is 0. The lowest BCUT2D eigenvalue weighted by Crippen LogP contribution is -2.60. The van der Waals surface area contributed by atoms with Crippen LogP contribution in [0.4, 0.5) is 4.79 Å². The van der Waals surface area contributed by atoms with Gasteiger partial charge in [-0.05, 0) is 97.9 Å². The maximum Gasteiger partial charge on any atom is 0.408 e. The maximum atomic E-state index is 14.7. The first kappa shape index (κ1) is 32.9. The molecular weight excluding hydrogens is 502 g/mol. The van der Waals surface area contributed by atoms with E-state index < -0.39 is 34.9 Å². The molecule has 0 saturated carbocycles. The number of alkyl carbamates (subject to hydrolysis) is 1. The Morgan fingerprint density at radius 1 is 0.875 bits per heavy atom. The fraction of sp³-hybridized carbons (Fsp3) is 0.545. The van der Waals surface area contributed by atoms with Gasteiger partial charge in [0.1, 0.15) is 17.7 Å². The molecule has 220 valence electrons. The number of amides is 3. The number of nitrogens with zero attached hydrogens (tertiary/aromatic N) is 1. The highest BCUT2D eigenvalue weighted by molar-refractivity contribution is 5.93. The molecule has 0 aliphatic carbocycles. The molecule has 2 aromatic carbocycles. The van der Waals surface area contributed by atoms with Crippen molar-refractivity contribution in [3.63, 3.8) is 0 Å². The zero-order chi connectivity index (χ0) is 30.5. The molecule has 2 rings (SSSR count). The molecule has 0 heterocycles. The summed E-state index contributed by atoms with van der Waals surface area (Å²) in [5, 5.41) is 5.93. The normalized spacial score (nSPS) is 13.7. The van der Waals surface area contributed by atoms with Crippen molar-refractivity contribution in [1.82, 2.24) is 15.5 Å². The smallest absolute Gasteiger partial charge is 0.408 e. The number of hydrogen-bond donors (Lipinski definition) is 2. The van der Waals surface area contributed by atoms with Crippen LogP contribution in [0.5, 0.6) is 0 Å². The van der Waals surface area contributed by atoms with Crippen molar-refractivity contribution in [1.29, 1.82) is 0 Å². The van der Waals surface area contributed by atoms with Crippen molar-refractivity contribution in [2.75, 3.05) is 0 Å². The van der Waals surface area contributed by atoms with E-state index in [0.29, 0.717) is 6.42 Å². The molecule has 2 aromatic rings. The van der Waals surface area contributed by atoms with E-state index in [-0.39, 0.29) is 18.2 Å². The molecule has 2 unspecified atom stereocenters.